The summed E-state index contributed by atoms with van der Waals surface area (Å²) in [6.07, 6.45) is 3.34. The van der Waals surface area contributed by atoms with Crippen molar-refractivity contribution in [2.24, 2.45) is 0 Å². The fourth-order valence-corrected chi connectivity index (χ4v) is 2.77. The van der Waals surface area contributed by atoms with Gasteiger partial charge in [-0.3, -0.25) is 4.79 Å². The second-order valence-corrected chi connectivity index (χ2v) is 5.21. The number of hydrogen-bond acceptors (Lipinski definition) is 2. The highest BCUT2D eigenvalue weighted by Crippen LogP contribution is 2.27. The van der Waals surface area contributed by atoms with E-state index >= 15 is 0 Å². The molecule has 0 N–H and O–H groups in total. The lowest BCUT2D eigenvalue weighted by Gasteiger charge is -2.24. The third-order valence-corrected chi connectivity index (χ3v) is 3.95. The zero-order valence-electron chi connectivity index (χ0n) is 11.3. The van der Waals surface area contributed by atoms with Crippen molar-refractivity contribution in [2.75, 3.05) is 26.1 Å². The summed E-state index contributed by atoms with van der Waals surface area (Å²) in [5, 5.41) is 0. The topological polar surface area (TPSA) is 29.5 Å². The van der Waals surface area contributed by atoms with Gasteiger partial charge in [-0.1, -0.05) is 18.6 Å². The SMILES string of the molecule is COc1ccc(C2CCCCN(C(=O)CCl)C2)cc1. The highest BCUT2D eigenvalue weighted by atomic mass is 35.5. The van der Waals surface area contributed by atoms with Crippen LogP contribution in [0, 0.1) is 0 Å². The Bertz CT molecular complexity index is 419. The van der Waals surface area contributed by atoms with E-state index in [4.69, 9.17) is 16.3 Å². The molecular weight excluding hydrogens is 262 g/mol. The maximum absolute atomic E-state index is 11.8. The molecule has 0 spiro atoms. The van der Waals surface area contributed by atoms with Crippen LogP contribution in [0.3, 0.4) is 0 Å². The largest absolute Gasteiger partial charge is 0.497 e. The van der Waals surface area contributed by atoms with Crippen molar-refractivity contribution in [3.8, 4) is 5.75 Å². The van der Waals surface area contributed by atoms with E-state index in [-0.39, 0.29) is 11.8 Å². The average molecular weight is 282 g/mol. The number of halogens is 1. The number of ether oxygens (including phenoxy) is 1. The monoisotopic (exact) mass is 281 g/mol. The molecule has 0 aromatic heterocycles. The van der Waals surface area contributed by atoms with Crippen LogP contribution >= 0.6 is 11.6 Å². The van der Waals surface area contributed by atoms with Crippen molar-refractivity contribution in [1.29, 1.82) is 0 Å². The number of methoxy groups -OCH3 is 1. The van der Waals surface area contributed by atoms with Crippen molar-refractivity contribution in [2.45, 2.75) is 25.2 Å². The van der Waals surface area contributed by atoms with E-state index in [9.17, 15) is 4.79 Å². The molecule has 1 aliphatic heterocycles. The summed E-state index contributed by atoms with van der Waals surface area (Å²) in [6, 6.07) is 8.15. The number of carbonyl (C=O) groups excluding carboxylic acids is 1. The Kier molecular flexibility index (Phi) is 5.08. The summed E-state index contributed by atoms with van der Waals surface area (Å²) >= 11 is 5.66. The molecule has 104 valence electrons. The molecule has 19 heavy (non-hydrogen) atoms. The Morgan fingerprint density at radius 2 is 2.11 bits per heavy atom. The molecule has 0 aliphatic carbocycles. The molecule has 1 aromatic carbocycles. The van der Waals surface area contributed by atoms with Gasteiger partial charge in [0.2, 0.25) is 5.91 Å². The van der Waals surface area contributed by atoms with Gasteiger partial charge in [-0.2, -0.15) is 0 Å². The number of carbonyl (C=O) groups is 1. The number of alkyl halides is 1. The Balaban J connectivity index is 2.10. The summed E-state index contributed by atoms with van der Waals surface area (Å²) in [4.78, 5) is 13.7. The quantitative estimate of drug-likeness (QED) is 0.797. The molecule has 1 amide bonds. The first-order valence-electron chi connectivity index (χ1n) is 6.72. The number of nitrogens with zero attached hydrogens (tertiary/aromatic N) is 1. The standard InChI is InChI=1S/C15H20ClNO2/c1-19-14-7-5-12(6-8-14)13-4-2-3-9-17(11-13)15(18)10-16/h5-8,13H,2-4,9-11H2,1H3. The second-order valence-electron chi connectivity index (χ2n) is 4.94. The molecule has 1 saturated heterocycles. The first-order valence-corrected chi connectivity index (χ1v) is 7.25. The molecule has 3 nitrogen and oxygen atoms in total. The molecule has 2 rings (SSSR count). The minimum atomic E-state index is 0.0436. The number of likely N-dealkylation sites (tertiary alicyclic amines) is 1. The predicted molar refractivity (Wildman–Crippen MR) is 76.9 cm³/mol. The van der Waals surface area contributed by atoms with Gasteiger partial charge < -0.3 is 9.64 Å². The zero-order chi connectivity index (χ0) is 13.7. The van der Waals surface area contributed by atoms with Crippen molar-refractivity contribution in [3.63, 3.8) is 0 Å². The summed E-state index contributed by atoms with van der Waals surface area (Å²) in [5.41, 5.74) is 1.27. The highest BCUT2D eigenvalue weighted by molar-refractivity contribution is 6.27. The maximum Gasteiger partial charge on any atom is 0.237 e. The van der Waals surface area contributed by atoms with Crippen LogP contribution in [-0.2, 0) is 4.79 Å². The molecule has 1 aliphatic rings. The van der Waals surface area contributed by atoms with Crippen LogP contribution in [0.5, 0.6) is 5.75 Å². The van der Waals surface area contributed by atoms with Crippen LogP contribution in [0.15, 0.2) is 24.3 Å². The second kappa shape index (κ2) is 6.80. The minimum absolute atomic E-state index is 0.0436. The smallest absolute Gasteiger partial charge is 0.237 e. The zero-order valence-corrected chi connectivity index (χ0v) is 12.0. The van der Waals surface area contributed by atoms with Crippen LogP contribution in [0.1, 0.15) is 30.7 Å². The van der Waals surface area contributed by atoms with Crippen LogP contribution in [0.4, 0.5) is 0 Å². The van der Waals surface area contributed by atoms with E-state index in [2.05, 4.69) is 12.1 Å². The van der Waals surface area contributed by atoms with E-state index in [0.717, 1.165) is 38.1 Å². The molecule has 1 unspecified atom stereocenters. The normalized spacial score (nSPS) is 19.9. The molecule has 0 bridgehead atoms. The summed E-state index contributed by atoms with van der Waals surface area (Å²) < 4.78 is 5.18. The third kappa shape index (κ3) is 3.63. The Labute approximate surface area is 119 Å². The lowest BCUT2D eigenvalue weighted by molar-refractivity contribution is -0.128. The molecule has 0 radical (unpaired) electrons. The number of hydrogen-bond donors (Lipinski definition) is 0. The van der Waals surface area contributed by atoms with Gasteiger partial charge in [-0.15, -0.1) is 11.6 Å². The van der Waals surface area contributed by atoms with Crippen LogP contribution in [0.2, 0.25) is 0 Å². The molecule has 1 aromatic rings. The predicted octanol–water partition coefficient (Wildman–Crippen LogP) is 3.03. The van der Waals surface area contributed by atoms with Gasteiger partial charge in [0.15, 0.2) is 0 Å². The third-order valence-electron chi connectivity index (χ3n) is 3.73. The van der Waals surface area contributed by atoms with Gasteiger partial charge in [-0.25, -0.2) is 0 Å². The number of benzene rings is 1. The highest BCUT2D eigenvalue weighted by Gasteiger charge is 2.22. The fraction of sp³-hybridized carbons (Fsp3) is 0.533. The van der Waals surface area contributed by atoms with Gasteiger partial charge in [0, 0.05) is 19.0 Å². The first kappa shape index (κ1) is 14.2. The molecule has 0 saturated carbocycles. The molecule has 4 heteroatoms. The lowest BCUT2D eigenvalue weighted by Crippen LogP contribution is -2.34. The van der Waals surface area contributed by atoms with Crippen LogP contribution < -0.4 is 4.74 Å². The molecule has 1 atom stereocenters. The van der Waals surface area contributed by atoms with E-state index in [0.29, 0.717) is 5.92 Å². The lowest BCUT2D eigenvalue weighted by atomic mass is 9.94. The van der Waals surface area contributed by atoms with Crippen LogP contribution in [0.25, 0.3) is 0 Å². The van der Waals surface area contributed by atoms with Crippen LogP contribution in [-0.4, -0.2) is 36.9 Å². The molecule has 1 heterocycles. The molecular formula is C15H20ClNO2. The van der Waals surface area contributed by atoms with Crippen molar-refractivity contribution >= 4 is 17.5 Å². The Morgan fingerprint density at radius 1 is 1.37 bits per heavy atom. The Morgan fingerprint density at radius 3 is 2.74 bits per heavy atom. The average Bonchev–Trinajstić information content (AvgIpc) is 2.72. The van der Waals surface area contributed by atoms with E-state index in [1.165, 1.54) is 5.56 Å². The van der Waals surface area contributed by atoms with Crippen molar-refractivity contribution in [3.05, 3.63) is 29.8 Å². The minimum Gasteiger partial charge on any atom is -0.497 e. The van der Waals surface area contributed by atoms with Crippen molar-refractivity contribution < 1.29 is 9.53 Å². The van der Waals surface area contributed by atoms with Crippen molar-refractivity contribution in [1.82, 2.24) is 4.90 Å². The molecule has 1 fully saturated rings. The van der Waals surface area contributed by atoms with Gasteiger partial charge in [0.25, 0.3) is 0 Å². The summed E-state index contributed by atoms with van der Waals surface area (Å²) in [5.74, 6) is 1.39. The van der Waals surface area contributed by atoms with Gasteiger partial charge in [0.1, 0.15) is 11.6 Å². The number of amides is 1. The summed E-state index contributed by atoms with van der Waals surface area (Å²) in [7, 11) is 1.67. The fourth-order valence-electron chi connectivity index (χ4n) is 2.60. The first-order chi connectivity index (χ1) is 9.24. The maximum atomic E-state index is 11.8. The number of rotatable bonds is 3. The van der Waals surface area contributed by atoms with Gasteiger partial charge in [0.05, 0.1) is 7.11 Å². The summed E-state index contributed by atoms with van der Waals surface area (Å²) in [6.45, 7) is 1.61. The van der Waals surface area contributed by atoms with E-state index in [1.807, 2.05) is 17.0 Å². The van der Waals surface area contributed by atoms with Gasteiger partial charge in [-0.05, 0) is 30.5 Å². The van der Waals surface area contributed by atoms with E-state index < -0.39 is 0 Å². The Hall–Kier alpha value is -1.22. The van der Waals surface area contributed by atoms with Gasteiger partial charge >= 0.3 is 0 Å². The van der Waals surface area contributed by atoms with E-state index in [1.54, 1.807) is 7.11 Å².